The Bertz CT molecular complexity index is 548. The van der Waals surface area contributed by atoms with Crippen LogP contribution in [0.3, 0.4) is 0 Å². The zero-order chi connectivity index (χ0) is 18.0. The van der Waals surface area contributed by atoms with Crippen LogP contribution in [0.4, 0.5) is 0 Å². The minimum Gasteiger partial charge on any atom is -0.410 e. The van der Waals surface area contributed by atoms with Crippen molar-refractivity contribution in [2.45, 2.75) is 76.7 Å². The molecule has 0 amide bonds. The summed E-state index contributed by atoms with van der Waals surface area (Å²) in [5, 5.41) is 10.5. The molecule has 0 unspecified atom stereocenters. The van der Waals surface area contributed by atoms with Gasteiger partial charge in [-0.1, -0.05) is 57.7 Å². The number of benzene rings is 1. The van der Waals surface area contributed by atoms with Crippen molar-refractivity contribution in [2.24, 2.45) is 0 Å². The van der Waals surface area contributed by atoms with Crippen LogP contribution < -0.4 is 0 Å². The first-order valence-electron chi connectivity index (χ1n) is 8.80. The molecule has 1 aliphatic rings. The molecule has 0 radical (unpaired) electrons. The molecule has 1 aliphatic carbocycles. The minimum absolute atomic E-state index is 0.000439. The van der Waals surface area contributed by atoms with E-state index in [-0.39, 0.29) is 17.2 Å². The summed E-state index contributed by atoms with van der Waals surface area (Å²) in [6.07, 6.45) is 0.711. The van der Waals surface area contributed by atoms with Gasteiger partial charge in [0.15, 0.2) is 8.32 Å². The number of hydrogen-bond donors (Lipinski definition) is 1. The topological polar surface area (TPSA) is 38.7 Å². The first-order chi connectivity index (χ1) is 11.1. The normalized spacial score (nSPS) is 25.8. The fraction of sp³-hybridized carbons (Fsp3) is 0.600. The summed E-state index contributed by atoms with van der Waals surface area (Å²) in [5.41, 5.74) is 1.96. The Labute approximate surface area is 147 Å². The molecule has 0 aliphatic heterocycles. The van der Waals surface area contributed by atoms with E-state index in [1.807, 2.05) is 18.2 Å². The molecule has 0 heterocycles. The fourth-order valence-electron chi connectivity index (χ4n) is 2.68. The van der Waals surface area contributed by atoms with Gasteiger partial charge in [0.25, 0.3) is 0 Å². The molecule has 1 aromatic rings. The highest BCUT2D eigenvalue weighted by Crippen LogP contribution is 2.40. The standard InChI is InChI=1S/C20H32O3Si/c1-15-18(21)12-17(22-14-16-10-8-7-9-11-16)13-19(15)23-24(5,6)20(2,3)4/h7-11,17-19,21H,1,12-14H2,2-6H3/t17-,18-,19+/m1/s1. The zero-order valence-electron chi connectivity index (χ0n) is 15.7. The number of aliphatic hydroxyl groups excluding tert-OH is 1. The van der Waals surface area contributed by atoms with Gasteiger partial charge in [-0.05, 0) is 29.3 Å². The third-order valence-electron chi connectivity index (χ3n) is 5.38. The van der Waals surface area contributed by atoms with Gasteiger partial charge in [-0.2, -0.15) is 0 Å². The number of rotatable bonds is 5. The molecular formula is C20H32O3Si. The summed E-state index contributed by atoms with van der Waals surface area (Å²) in [7, 11) is -1.91. The Morgan fingerprint density at radius 2 is 1.79 bits per heavy atom. The predicted octanol–water partition coefficient (Wildman–Crippen LogP) is 4.67. The summed E-state index contributed by atoms with van der Waals surface area (Å²) in [6.45, 7) is 15.8. The molecule has 0 aromatic heterocycles. The lowest BCUT2D eigenvalue weighted by Gasteiger charge is -2.43. The molecule has 3 nitrogen and oxygen atoms in total. The molecular weight excluding hydrogens is 316 g/mol. The van der Waals surface area contributed by atoms with E-state index in [9.17, 15) is 5.11 Å². The second-order valence-electron chi connectivity index (χ2n) is 8.35. The van der Waals surface area contributed by atoms with E-state index in [2.05, 4.69) is 52.6 Å². The van der Waals surface area contributed by atoms with Crippen LogP contribution in [-0.4, -0.2) is 31.7 Å². The molecule has 24 heavy (non-hydrogen) atoms. The van der Waals surface area contributed by atoms with Gasteiger partial charge < -0.3 is 14.3 Å². The molecule has 134 valence electrons. The van der Waals surface area contributed by atoms with Crippen LogP contribution in [0.1, 0.15) is 39.2 Å². The molecule has 3 atom stereocenters. The summed E-state index contributed by atoms with van der Waals surface area (Å²) in [4.78, 5) is 0. The van der Waals surface area contributed by atoms with Gasteiger partial charge in [-0.3, -0.25) is 0 Å². The van der Waals surface area contributed by atoms with Crippen LogP contribution in [0.2, 0.25) is 18.1 Å². The van der Waals surface area contributed by atoms with Gasteiger partial charge >= 0.3 is 0 Å². The lowest BCUT2D eigenvalue weighted by atomic mass is 9.88. The maximum absolute atomic E-state index is 10.4. The zero-order valence-corrected chi connectivity index (χ0v) is 16.7. The van der Waals surface area contributed by atoms with Gasteiger partial charge in [-0.15, -0.1) is 0 Å². The SMILES string of the molecule is C=C1[C@H](O)C[C@@H](OCc2ccccc2)C[C@@H]1O[Si](C)(C)C(C)(C)C. The lowest BCUT2D eigenvalue weighted by Crippen LogP contribution is -2.48. The largest absolute Gasteiger partial charge is 0.410 e. The average molecular weight is 349 g/mol. The fourth-order valence-corrected chi connectivity index (χ4v) is 3.99. The molecule has 4 heteroatoms. The van der Waals surface area contributed by atoms with Crippen molar-refractivity contribution in [3.05, 3.63) is 48.0 Å². The van der Waals surface area contributed by atoms with Crippen molar-refractivity contribution >= 4 is 8.32 Å². The molecule has 1 aromatic carbocycles. The first kappa shape index (κ1) is 19.4. The van der Waals surface area contributed by atoms with Crippen molar-refractivity contribution < 1.29 is 14.3 Å². The smallest absolute Gasteiger partial charge is 0.192 e. The molecule has 2 rings (SSSR count). The maximum Gasteiger partial charge on any atom is 0.192 e. The third kappa shape index (κ3) is 4.79. The summed E-state index contributed by atoms with van der Waals surface area (Å²) in [6, 6.07) is 10.1. The highest BCUT2D eigenvalue weighted by Gasteiger charge is 2.42. The quantitative estimate of drug-likeness (QED) is 0.620. The number of hydrogen-bond acceptors (Lipinski definition) is 3. The second-order valence-corrected chi connectivity index (χ2v) is 13.1. The molecule has 0 saturated heterocycles. The lowest BCUT2D eigenvalue weighted by molar-refractivity contribution is -0.0347. The van der Waals surface area contributed by atoms with E-state index in [1.165, 1.54) is 0 Å². The van der Waals surface area contributed by atoms with Crippen LogP contribution in [-0.2, 0) is 15.8 Å². The number of aliphatic hydroxyl groups is 1. The second kappa shape index (κ2) is 7.52. The van der Waals surface area contributed by atoms with E-state index in [0.717, 1.165) is 17.6 Å². The summed E-state index contributed by atoms with van der Waals surface area (Å²) in [5.74, 6) is 0. The van der Waals surface area contributed by atoms with Gasteiger partial charge in [-0.25, -0.2) is 0 Å². The highest BCUT2D eigenvalue weighted by molar-refractivity contribution is 6.74. The average Bonchev–Trinajstić information content (AvgIpc) is 2.49. The van der Waals surface area contributed by atoms with Crippen LogP contribution in [0.5, 0.6) is 0 Å². The first-order valence-corrected chi connectivity index (χ1v) is 11.7. The van der Waals surface area contributed by atoms with Crippen LogP contribution in [0.25, 0.3) is 0 Å². The molecule has 1 saturated carbocycles. The van der Waals surface area contributed by atoms with Gasteiger partial charge in [0.2, 0.25) is 0 Å². The Hall–Kier alpha value is -0.943. The van der Waals surface area contributed by atoms with E-state index >= 15 is 0 Å². The third-order valence-corrected chi connectivity index (χ3v) is 9.86. The molecule has 0 bridgehead atoms. The predicted molar refractivity (Wildman–Crippen MR) is 101 cm³/mol. The van der Waals surface area contributed by atoms with Crippen molar-refractivity contribution in [3.63, 3.8) is 0 Å². The Kier molecular flexibility index (Phi) is 6.08. The van der Waals surface area contributed by atoms with E-state index in [1.54, 1.807) is 0 Å². The summed E-state index contributed by atoms with van der Waals surface area (Å²) < 4.78 is 12.6. The molecule has 1 fully saturated rings. The monoisotopic (exact) mass is 348 g/mol. The number of ether oxygens (including phenoxy) is 1. The van der Waals surface area contributed by atoms with Gasteiger partial charge in [0.1, 0.15) is 0 Å². The van der Waals surface area contributed by atoms with Crippen molar-refractivity contribution in [1.82, 2.24) is 0 Å². The van der Waals surface area contributed by atoms with Crippen LogP contribution in [0, 0.1) is 0 Å². The van der Waals surface area contributed by atoms with E-state index < -0.39 is 14.4 Å². The van der Waals surface area contributed by atoms with Crippen molar-refractivity contribution in [2.75, 3.05) is 0 Å². The van der Waals surface area contributed by atoms with E-state index in [0.29, 0.717) is 13.0 Å². The van der Waals surface area contributed by atoms with Gasteiger partial charge in [0, 0.05) is 12.8 Å². The van der Waals surface area contributed by atoms with E-state index in [4.69, 9.17) is 9.16 Å². The van der Waals surface area contributed by atoms with Crippen molar-refractivity contribution in [3.8, 4) is 0 Å². The minimum atomic E-state index is -1.91. The highest BCUT2D eigenvalue weighted by atomic mass is 28.4. The van der Waals surface area contributed by atoms with Crippen molar-refractivity contribution in [1.29, 1.82) is 0 Å². The van der Waals surface area contributed by atoms with Gasteiger partial charge in [0.05, 0.1) is 24.9 Å². The summed E-state index contributed by atoms with van der Waals surface area (Å²) >= 11 is 0. The Morgan fingerprint density at radius 1 is 1.17 bits per heavy atom. The Balaban J connectivity index is 2.00. The van der Waals surface area contributed by atoms with Crippen LogP contribution in [0.15, 0.2) is 42.5 Å². The molecule has 0 spiro atoms. The maximum atomic E-state index is 10.4. The Morgan fingerprint density at radius 3 is 2.38 bits per heavy atom. The van der Waals surface area contributed by atoms with Crippen LogP contribution >= 0.6 is 0 Å². The molecule has 1 N–H and O–H groups in total.